The second-order valence-electron chi connectivity index (χ2n) is 1.96. The number of nitrogens with zero attached hydrogens (tertiary/aromatic N) is 1. The van der Waals surface area contributed by atoms with E-state index in [1.807, 2.05) is 30.5 Å². The van der Waals surface area contributed by atoms with Crippen LogP contribution in [0.25, 0.3) is 10.9 Å². The third-order valence-electron chi connectivity index (χ3n) is 1.35. The van der Waals surface area contributed by atoms with Gasteiger partial charge >= 0.3 is 0 Å². The number of H-pyrrole nitrogens is 1. The number of fused-ring (bicyclic) bond motifs is 1. The van der Waals surface area contributed by atoms with Gasteiger partial charge in [0.2, 0.25) is 0 Å². The van der Waals surface area contributed by atoms with Gasteiger partial charge < -0.3 is 0 Å². The fourth-order valence-electron chi connectivity index (χ4n) is 0.883. The van der Waals surface area contributed by atoms with Crippen LogP contribution in [0.5, 0.6) is 0 Å². The van der Waals surface area contributed by atoms with Gasteiger partial charge in [0.05, 0.1) is 11.7 Å². The van der Waals surface area contributed by atoms with Crippen molar-refractivity contribution >= 4 is 28.3 Å². The monoisotopic (exact) mass is 148 g/mol. The maximum Gasteiger partial charge on any atom is 0.187 e. The zero-order chi connectivity index (χ0) is 6.10. The summed E-state index contributed by atoms with van der Waals surface area (Å²) in [5, 5.41) is 7.91. The Morgan fingerprint density at radius 2 is 2.00 bits per heavy atom. The average molecular weight is 148 g/mol. The van der Waals surface area contributed by atoms with E-state index in [9.17, 15) is 0 Å². The number of aromatic nitrogens is 2. The molecule has 0 radical (unpaired) electrons. The normalized spacial score (nSPS) is 9.20. The quantitative estimate of drug-likeness (QED) is 0.537. The van der Waals surface area contributed by atoms with Crippen molar-refractivity contribution in [2.75, 3.05) is 0 Å². The second-order valence-corrected chi connectivity index (χ2v) is 1.96. The van der Waals surface area contributed by atoms with E-state index in [1.165, 1.54) is 0 Å². The summed E-state index contributed by atoms with van der Waals surface area (Å²) in [6, 6.07) is 8.01. The molecule has 2 nitrogen and oxygen atoms in total. The smallest absolute Gasteiger partial charge is 0.187 e. The first kappa shape index (κ1) is 7.33. The van der Waals surface area contributed by atoms with Crippen molar-refractivity contribution in [2.45, 2.75) is 0 Å². The molecular weight excluding hydrogens is 139 g/mol. The van der Waals surface area contributed by atoms with Crippen LogP contribution in [0, 0.1) is 0 Å². The lowest BCUT2D eigenvalue weighted by atomic mass is 10.3. The molecule has 0 fully saturated rings. The van der Waals surface area contributed by atoms with Crippen molar-refractivity contribution < 1.29 is 0 Å². The van der Waals surface area contributed by atoms with E-state index in [2.05, 4.69) is 10.2 Å². The molecular formula is C7H9AlN2. The van der Waals surface area contributed by atoms with Crippen LogP contribution in [-0.4, -0.2) is 27.6 Å². The van der Waals surface area contributed by atoms with E-state index >= 15 is 0 Å². The van der Waals surface area contributed by atoms with Crippen molar-refractivity contribution in [1.82, 2.24) is 10.2 Å². The Hall–Kier alpha value is -0.778. The topological polar surface area (TPSA) is 28.7 Å². The summed E-state index contributed by atoms with van der Waals surface area (Å²) < 4.78 is 0. The van der Waals surface area contributed by atoms with Crippen LogP contribution in [0.15, 0.2) is 30.5 Å². The lowest BCUT2D eigenvalue weighted by molar-refractivity contribution is 1.12. The first-order valence-electron chi connectivity index (χ1n) is 2.85. The fraction of sp³-hybridized carbons (Fsp3) is 0. The molecule has 3 heteroatoms. The number of hydrogen-bond acceptors (Lipinski definition) is 1. The predicted octanol–water partition coefficient (Wildman–Crippen LogP) is 0.379. The van der Waals surface area contributed by atoms with E-state index in [4.69, 9.17) is 0 Å². The number of para-hydroxylation sites is 1. The Balaban J connectivity index is 0.000000500. The van der Waals surface area contributed by atoms with Crippen molar-refractivity contribution in [3.63, 3.8) is 0 Å². The van der Waals surface area contributed by atoms with Gasteiger partial charge in [-0.1, -0.05) is 18.2 Å². The molecule has 50 valence electrons. The largest absolute Gasteiger partial charge is 0.278 e. The van der Waals surface area contributed by atoms with Crippen LogP contribution in [0.1, 0.15) is 0 Å². The maximum atomic E-state index is 3.88. The third-order valence-corrected chi connectivity index (χ3v) is 1.35. The van der Waals surface area contributed by atoms with Gasteiger partial charge in [0, 0.05) is 5.39 Å². The zero-order valence-electron chi connectivity index (χ0n) is 4.83. The van der Waals surface area contributed by atoms with E-state index in [0.29, 0.717) is 0 Å². The highest BCUT2D eigenvalue weighted by Gasteiger charge is 1.88. The molecule has 0 amide bonds. The van der Waals surface area contributed by atoms with Gasteiger partial charge in [-0.15, -0.1) is 0 Å². The van der Waals surface area contributed by atoms with Gasteiger partial charge in [0.1, 0.15) is 0 Å². The van der Waals surface area contributed by atoms with Crippen LogP contribution < -0.4 is 0 Å². The molecule has 1 aromatic heterocycles. The SMILES string of the molecule is [AlH3].c1ccc2[nH]ncc2c1. The maximum absolute atomic E-state index is 3.88. The number of aromatic amines is 1. The van der Waals surface area contributed by atoms with E-state index in [-0.39, 0.29) is 17.4 Å². The molecule has 10 heavy (non-hydrogen) atoms. The Morgan fingerprint density at radius 3 is 2.80 bits per heavy atom. The van der Waals surface area contributed by atoms with Crippen molar-refractivity contribution in [3.8, 4) is 0 Å². The van der Waals surface area contributed by atoms with Gasteiger partial charge in [0.25, 0.3) is 0 Å². The van der Waals surface area contributed by atoms with Crippen LogP contribution in [-0.2, 0) is 0 Å². The average Bonchev–Trinajstić information content (AvgIpc) is 2.33. The minimum Gasteiger partial charge on any atom is -0.278 e. The highest BCUT2D eigenvalue weighted by molar-refractivity contribution is 5.77. The summed E-state index contributed by atoms with van der Waals surface area (Å²) in [6.07, 6.45) is 1.81. The standard InChI is InChI=1S/C7H6N2.Al.3H/c1-2-4-7-6(3-1)5-8-9-7;;;;/h1-5H,(H,8,9);;;;. The molecule has 0 aliphatic rings. The number of hydrogen-bond donors (Lipinski definition) is 1. The zero-order valence-corrected chi connectivity index (χ0v) is 4.83. The van der Waals surface area contributed by atoms with Gasteiger partial charge in [0.15, 0.2) is 17.4 Å². The molecule has 0 aliphatic carbocycles. The lowest BCUT2D eigenvalue weighted by Gasteiger charge is -1.81. The van der Waals surface area contributed by atoms with Gasteiger partial charge in [-0.3, -0.25) is 5.10 Å². The minimum atomic E-state index is 0. The van der Waals surface area contributed by atoms with Gasteiger partial charge in [-0.05, 0) is 6.07 Å². The Labute approximate surface area is 69.4 Å². The molecule has 1 heterocycles. The molecule has 0 unspecified atom stereocenters. The van der Waals surface area contributed by atoms with Crippen molar-refractivity contribution in [3.05, 3.63) is 30.5 Å². The van der Waals surface area contributed by atoms with Crippen LogP contribution in [0.4, 0.5) is 0 Å². The van der Waals surface area contributed by atoms with Gasteiger partial charge in [-0.25, -0.2) is 0 Å². The van der Waals surface area contributed by atoms with Crippen molar-refractivity contribution in [2.24, 2.45) is 0 Å². The number of rotatable bonds is 0. The second kappa shape index (κ2) is 2.87. The Bertz CT molecular complexity index is 286. The van der Waals surface area contributed by atoms with Crippen LogP contribution >= 0.6 is 0 Å². The summed E-state index contributed by atoms with van der Waals surface area (Å²) >= 11 is 0. The molecule has 0 saturated carbocycles. The van der Waals surface area contributed by atoms with E-state index in [1.54, 1.807) is 0 Å². The highest BCUT2D eigenvalue weighted by Crippen LogP contribution is 2.06. The molecule has 0 atom stereocenters. The fourth-order valence-corrected chi connectivity index (χ4v) is 0.883. The molecule has 0 aliphatic heterocycles. The van der Waals surface area contributed by atoms with Crippen molar-refractivity contribution in [1.29, 1.82) is 0 Å². The first-order valence-corrected chi connectivity index (χ1v) is 2.85. The highest BCUT2D eigenvalue weighted by atomic mass is 27.0. The van der Waals surface area contributed by atoms with Crippen LogP contribution in [0.3, 0.4) is 0 Å². The molecule has 2 aromatic rings. The van der Waals surface area contributed by atoms with E-state index in [0.717, 1.165) is 10.9 Å². The summed E-state index contributed by atoms with van der Waals surface area (Å²) in [5.41, 5.74) is 1.09. The minimum absolute atomic E-state index is 0. The predicted molar refractivity (Wildman–Crippen MR) is 46.0 cm³/mol. The molecule has 2 rings (SSSR count). The molecule has 1 aromatic carbocycles. The third kappa shape index (κ3) is 1.06. The first-order chi connectivity index (χ1) is 4.47. The van der Waals surface area contributed by atoms with Crippen LogP contribution in [0.2, 0.25) is 0 Å². The number of benzene rings is 1. The van der Waals surface area contributed by atoms with E-state index < -0.39 is 0 Å². The lowest BCUT2D eigenvalue weighted by Crippen LogP contribution is -1.63. The summed E-state index contributed by atoms with van der Waals surface area (Å²) in [7, 11) is 0. The molecule has 0 saturated heterocycles. The summed E-state index contributed by atoms with van der Waals surface area (Å²) in [4.78, 5) is 0. The summed E-state index contributed by atoms with van der Waals surface area (Å²) in [6.45, 7) is 0. The number of nitrogens with one attached hydrogen (secondary N) is 1. The molecule has 0 spiro atoms. The molecule has 0 bridgehead atoms. The molecule has 1 N–H and O–H groups in total. The van der Waals surface area contributed by atoms with Gasteiger partial charge in [-0.2, -0.15) is 5.10 Å². The Kier molecular flexibility index (Phi) is 2.10. The summed E-state index contributed by atoms with van der Waals surface area (Å²) in [5.74, 6) is 0. The Morgan fingerprint density at radius 1 is 1.20 bits per heavy atom.